The van der Waals surface area contributed by atoms with Crippen LogP contribution in [-0.2, 0) is 19.1 Å². The van der Waals surface area contributed by atoms with Crippen LogP contribution in [0.4, 0.5) is 0 Å². The highest BCUT2D eigenvalue weighted by Crippen LogP contribution is 2.36. The van der Waals surface area contributed by atoms with Crippen molar-refractivity contribution in [1.82, 2.24) is 0 Å². The van der Waals surface area contributed by atoms with Crippen LogP contribution in [-0.4, -0.2) is 26.7 Å². The Hall–Kier alpha value is -1.72. The monoisotopic (exact) mass is 343 g/mol. The Morgan fingerprint density at radius 2 is 1.58 bits per heavy atom. The molecule has 0 aromatic heterocycles. The molecule has 0 bridgehead atoms. The minimum atomic E-state index is -3.53. The molecule has 1 aromatic rings. The van der Waals surface area contributed by atoms with Crippen LogP contribution in [0.1, 0.15) is 27.7 Å². The summed E-state index contributed by atoms with van der Waals surface area (Å²) in [6.45, 7) is 7.94. The molecule has 1 heterocycles. The third-order valence-corrected chi connectivity index (χ3v) is 6.50. The van der Waals surface area contributed by atoms with Crippen LogP contribution in [0.3, 0.4) is 0 Å². The summed E-state index contributed by atoms with van der Waals surface area (Å²) in [6.07, 6.45) is 9.08. The zero-order chi connectivity index (χ0) is 17.6. The number of allylic oxidation sites excluding steroid dienone is 5. The predicted molar refractivity (Wildman–Crippen MR) is 94.4 cm³/mol. The number of rotatable bonds is 3. The summed E-state index contributed by atoms with van der Waals surface area (Å²) in [5, 5.41) is 0. The molecule has 0 N–H and O–H groups in total. The van der Waals surface area contributed by atoms with E-state index in [0.29, 0.717) is 0 Å². The molecule has 4 nitrogen and oxygen atoms in total. The van der Waals surface area contributed by atoms with Gasteiger partial charge in [0.2, 0.25) is 9.84 Å². The molecule has 1 aromatic carbocycles. The van der Waals surface area contributed by atoms with E-state index in [9.17, 15) is 8.42 Å². The van der Waals surface area contributed by atoms with E-state index in [2.05, 4.69) is 6.08 Å². The van der Waals surface area contributed by atoms with Gasteiger partial charge in [0, 0.05) is 6.08 Å². The maximum atomic E-state index is 12.6. The lowest BCUT2D eigenvalue weighted by atomic mass is 9.79. The lowest BCUT2D eigenvalue weighted by Gasteiger charge is -2.32. The van der Waals surface area contributed by atoms with Crippen molar-refractivity contribution in [2.75, 3.05) is 0 Å². The lowest BCUT2D eigenvalue weighted by Crippen LogP contribution is -2.41. The van der Waals surface area contributed by atoms with Gasteiger partial charge in [-0.3, -0.25) is 0 Å². The fraction of sp³-hybridized carbons (Fsp3) is 0.333. The molecular weight excluding hydrogens is 323 g/mol. The minimum Gasteiger partial charge on any atom is -0.399 e. The Morgan fingerprint density at radius 3 is 2.08 bits per heavy atom. The maximum absolute atomic E-state index is 12.6. The van der Waals surface area contributed by atoms with Gasteiger partial charge in [0.1, 0.15) is 12.2 Å². The predicted octanol–water partition coefficient (Wildman–Crippen LogP) is 2.57. The van der Waals surface area contributed by atoms with Gasteiger partial charge in [-0.25, -0.2) is 8.42 Å². The standard InChI is InChI=1S/C18H20BO4S/c1-17(2)18(3,4)23-19(22-17)14-10-12-16(13-11-14)24(20,21)15-8-6-5-7-9-15/h6-13H,1-4H3/q+1. The quantitative estimate of drug-likeness (QED) is 0.625. The number of hydrogen-bond donors (Lipinski definition) is 0. The van der Waals surface area contributed by atoms with Crippen LogP contribution >= 0.6 is 0 Å². The zero-order valence-electron chi connectivity index (χ0n) is 14.2. The Morgan fingerprint density at radius 1 is 1.00 bits per heavy atom. The molecule has 3 rings (SSSR count). The highest BCUT2D eigenvalue weighted by Gasteiger charge is 2.51. The van der Waals surface area contributed by atoms with Gasteiger partial charge in [0.15, 0.2) is 4.91 Å². The van der Waals surface area contributed by atoms with E-state index in [1.165, 1.54) is 12.2 Å². The van der Waals surface area contributed by atoms with E-state index < -0.39 is 28.2 Å². The molecule has 24 heavy (non-hydrogen) atoms. The van der Waals surface area contributed by atoms with Gasteiger partial charge in [0.05, 0.1) is 28.2 Å². The molecule has 0 radical (unpaired) electrons. The van der Waals surface area contributed by atoms with Crippen LogP contribution in [0.25, 0.3) is 0 Å². The molecule has 1 fully saturated rings. The second kappa shape index (κ2) is 5.68. The molecule has 0 amide bonds. The first-order chi connectivity index (χ1) is 11.1. The van der Waals surface area contributed by atoms with Crippen LogP contribution in [0.15, 0.2) is 58.4 Å². The molecular formula is C18H20BO4S+. The van der Waals surface area contributed by atoms with Crippen molar-refractivity contribution < 1.29 is 17.7 Å². The summed E-state index contributed by atoms with van der Waals surface area (Å²) in [4.78, 5) is 0.499. The first-order valence-electron chi connectivity index (χ1n) is 7.80. The van der Waals surface area contributed by atoms with E-state index >= 15 is 0 Å². The Bertz CT molecular complexity index is 814. The van der Waals surface area contributed by atoms with Crippen molar-refractivity contribution in [3.8, 4) is 0 Å². The molecule has 0 atom stereocenters. The number of benzene rings is 1. The van der Waals surface area contributed by atoms with Gasteiger partial charge in [-0.2, -0.15) is 0 Å². The molecule has 6 heteroatoms. The second-order valence-electron chi connectivity index (χ2n) is 6.90. The Kier molecular flexibility index (Phi) is 4.05. The van der Waals surface area contributed by atoms with Crippen molar-refractivity contribution in [3.05, 3.63) is 59.6 Å². The van der Waals surface area contributed by atoms with Crippen molar-refractivity contribution in [2.45, 2.75) is 43.8 Å². The lowest BCUT2D eigenvalue weighted by molar-refractivity contribution is 0.00578. The molecule has 0 unspecified atom stereocenters. The topological polar surface area (TPSA) is 52.6 Å². The highest BCUT2D eigenvalue weighted by molar-refractivity contribution is 7.95. The van der Waals surface area contributed by atoms with Gasteiger partial charge in [-0.05, 0) is 45.3 Å². The smallest absolute Gasteiger partial charge is 0.399 e. The van der Waals surface area contributed by atoms with E-state index in [1.54, 1.807) is 36.4 Å². The van der Waals surface area contributed by atoms with Gasteiger partial charge < -0.3 is 9.31 Å². The van der Waals surface area contributed by atoms with E-state index in [-0.39, 0.29) is 9.80 Å². The molecule has 1 aliphatic heterocycles. The molecule has 0 saturated carbocycles. The molecule has 2 aliphatic rings. The average Bonchev–Trinajstić information content (AvgIpc) is 2.76. The molecule has 1 aliphatic carbocycles. The first-order valence-corrected chi connectivity index (χ1v) is 9.29. The first kappa shape index (κ1) is 17.1. The van der Waals surface area contributed by atoms with E-state index in [0.717, 1.165) is 5.46 Å². The third kappa shape index (κ3) is 2.87. The number of hydrogen-bond acceptors (Lipinski definition) is 4. The third-order valence-electron chi connectivity index (χ3n) is 4.71. The van der Waals surface area contributed by atoms with Crippen LogP contribution < -0.4 is 5.46 Å². The SMILES string of the molecule is CC1(C)OB(c2ccc(S(=O)(=O)C3=CC=[C+]C=C3)cc2)OC1(C)C. The zero-order valence-corrected chi connectivity index (χ0v) is 15.1. The average molecular weight is 343 g/mol. The second-order valence-corrected chi connectivity index (χ2v) is 8.85. The van der Waals surface area contributed by atoms with Crippen molar-refractivity contribution in [2.24, 2.45) is 0 Å². The molecule has 0 spiro atoms. The van der Waals surface area contributed by atoms with Gasteiger partial charge in [-0.15, -0.1) is 0 Å². The highest BCUT2D eigenvalue weighted by atomic mass is 32.2. The maximum Gasteiger partial charge on any atom is 0.494 e. The van der Waals surface area contributed by atoms with E-state index in [4.69, 9.17) is 9.31 Å². The summed E-state index contributed by atoms with van der Waals surface area (Å²) in [5.41, 5.74) is -0.0553. The van der Waals surface area contributed by atoms with Crippen LogP contribution in [0.5, 0.6) is 0 Å². The van der Waals surface area contributed by atoms with E-state index in [1.807, 2.05) is 27.7 Å². The van der Waals surface area contributed by atoms with Gasteiger partial charge in [-0.1, -0.05) is 12.1 Å². The molecule has 1 saturated heterocycles. The molecule has 124 valence electrons. The van der Waals surface area contributed by atoms with Crippen molar-refractivity contribution >= 4 is 22.4 Å². The Balaban J connectivity index is 1.86. The summed E-state index contributed by atoms with van der Waals surface area (Å²) in [6, 6.07) is 6.66. The Labute approximate surface area is 143 Å². The summed E-state index contributed by atoms with van der Waals surface area (Å²) in [7, 11) is -4.03. The van der Waals surface area contributed by atoms with Crippen molar-refractivity contribution in [1.29, 1.82) is 0 Å². The van der Waals surface area contributed by atoms with Crippen LogP contribution in [0.2, 0.25) is 0 Å². The largest absolute Gasteiger partial charge is 0.494 e. The summed E-state index contributed by atoms with van der Waals surface area (Å²) < 4.78 is 37.2. The van der Waals surface area contributed by atoms with Gasteiger partial charge in [0.25, 0.3) is 0 Å². The fourth-order valence-corrected chi connectivity index (χ4v) is 3.73. The minimum absolute atomic E-state index is 0.244. The number of sulfone groups is 1. The summed E-state index contributed by atoms with van der Waals surface area (Å²) in [5.74, 6) is 0. The van der Waals surface area contributed by atoms with Crippen LogP contribution in [0, 0.1) is 6.08 Å². The van der Waals surface area contributed by atoms with Crippen molar-refractivity contribution in [3.63, 3.8) is 0 Å². The normalized spacial score (nSPS) is 21.5. The fourth-order valence-electron chi connectivity index (χ4n) is 2.47. The van der Waals surface area contributed by atoms with Gasteiger partial charge >= 0.3 is 7.12 Å². The summed E-state index contributed by atoms with van der Waals surface area (Å²) >= 11 is 0.